The van der Waals surface area contributed by atoms with E-state index in [1.54, 1.807) is 36.5 Å². The van der Waals surface area contributed by atoms with Crippen molar-refractivity contribution in [1.29, 1.82) is 0 Å². The largest absolute Gasteiger partial charge is 0.495 e. The number of rotatable bonds is 9. The van der Waals surface area contributed by atoms with Crippen LogP contribution in [0.15, 0.2) is 54.7 Å². The van der Waals surface area contributed by atoms with E-state index >= 15 is 0 Å². The minimum Gasteiger partial charge on any atom is -0.495 e. The van der Waals surface area contributed by atoms with E-state index in [9.17, 15) is 14.4 Å². The zero-order valence-corrected chi connectivity index (χ0v) is 26.3. The lowest BCUT2D eigenvalue weighted by molar-refractivity contribution is -0.140. The molecule has 1 aromatic heterocycles. The highest BCUT2D eigenvalue weighted by molar-refractivity contribution is 6.41. The van der Waals surface area contributed by atoms with Gasteiger partial charge in [0.05, 0.1) is 60.1 Å². The molecule has 0 radical (unpaired) electrons. The van der Waals surface area contributed by atoms with Gasteiger partial charge in [-0.05, 0) is 55.0 Å². The van der Waals surface area contributed by atoms with Crippen LogP contribution in [0.4, 0.5) is 5.95 Å². The van der Waals surface area contributed by atoms with E-state index in [1.165, 1.54) is 26.2 Å². The minimum atomic E-state index is -0.450. The molecule has 1 aliphatic carbocycles. The van der Waals surface area contributed by atoms with Gasteiger partial charge in [0.2, 0.25) is 5.95 Å². The number of methoxy groups -OCH3 is 3. The van der Waals surface area contributed by atoms with Crippen molar-refractivity contribution in [2.75, 3.05) is 26.6 Å². The van der Waals surface area contributed by atoms with Gasteiger partial charge in [-0.15, -0.1) is 0 Å². The molecule has 2 aliphatic rings. The number of anilines is 1. The van der Waals surface area contributed by atoms with Gasteiger partial charge in [-0.1, -0.05) is 41.4 Å². The van der Waals surface area contributed by atoms with Gasteiger partial charge < -0.3 is 19.5 Å². The Labute approximate surface area is 269 Å². The normalized spacial score (nSPS) is 19.1. The van der Waals surface area contributed by atoms with E-state index in [0.717, 1.165) is 10.9 Å². The van der Waals surface area contributed by atoms with Crippen molar-refractivity contribution >= 4 is 57.8 Å². The zero-order valence-electron chi connectivity index (χ0n) is 24.8. The Bertz CT molecular complexity index is 1770. The van der Waals surface area contributed by atoms with Crippen molar-refractivity contribution in [1.82, 2.24) is 14.9 Å². The van der Waals surface area contributed by atoms with Gasteiger partial charge in [0.15, 0.2) is 0 Å². The summed E-state index contributed by atoms with van der Waals surface area (Å²) in [5.41, 5.74) is 2.74. The monoisotopic (exact) mass is 648 g/mol. The molecule has 2 amide bonds. The molecule has 4 aromatic rings. The topological polar surface area (TPSA) is 120 Å². The van der Waals surface area contributed by atoms with Gasteiger partial charge >= 0.3 is 5.97 Å². The molecule has 1 N–H and O–H groups in total. The number of benzene rings is 3. The fraction of sp³-hybridized carbons (Fsp3) is 0.303. The number of hydrogen-bond donors (Lipinski definition) is 1. The van der Waals surface area contributed by atoms with Crippen LogP contribution in [0.2, 0.25) is 10.0 Å². The quantitative estimate of drug-likeness (QED) is 0.162. The van der Waals surface area contributed by atoms with Crippen LogP contribution in [-0.2, 0) is 9.53 Å². The summed E-state index contributed by atoms with van der Waals surface area (Å²) in [6.45, 7) is 0. The van der Waals surface area contributed by atoms with Crippen molar-refractivity contribution in [3.05, 3.63) is 75.9 Å². The van der Waals surface area contributed by atoms with E-state index in [0.29, 0.717) is 69.0 Å². The van der Waals surface area contributed by atoms with Crippen molar-refractivity contribution in [2.24, 2.45) is 5.92 Å². The van der Waals surface area contributed by atoms with Crippen LogP contribution in [-0.4, -0.2) is 66.1 Å². The molecule has 45 heavy (non-hydrogen) atoms. The summed E-state index contributed by atoms with van der Waals surface area (Å²) in [7, 11) is 4.40. The highest BCUT2D eigenvalue weighted by atomic mass is 35.5. The third-order valence-electron chi connectivity index (χ3n) is 8.52. The maximum atomic E-state index is 13.4. The molecular weight excluding hydrogens is 619 g/mol. The molecule has 12 heteroatoms. The van der Waals surface area contributed by atoms with Gasteiger partial charge in [0, 0.05) is 29.6 Å². The summed E-state index contributed by atoms with van der Waals surface area (Å²) >= 11 is 13.3. The average molecular weight is 650 g/mol. The molecule has 0 spiro atoms. The Morgan fingerprint density at radius 1 is 0.956 bits per heavy atom. The Kier molecular flexibility index (Phi) is 8.52. The smallest absolute Gasteiger partial charge is 0.305 e. The number of carbonyl (C=O) groups is 3. The molecule has 0 bridgehead atoms. The van der Waals surface area contributed by atoms with Crippen LogP contribution in [0.1, 0.15) is 46.4 Å². The molecule has 0 saturated heterocycles. The van der Waals surface area contributed by atoms with Crippen LogP contribution < -0.4 is 14.8 Å². The van der Waals surface area contributed by atoms with Crippen molar-refractivity contribution in [3.63, 3.8) is 0 Å². The fourth-order valence-corrected chi connectivity index (χ4v) is 7.01. The van der Waals surface area contributed by atoms with E-state index in [-0.39, 0.29) is 36.2 Å². The Morgan fingerprint density at radius 3 is 2.24 bits per heavy atom. The molecule has 1 fully saturated rings. The second-order valence-corrected chi connectivity index (χ2v) is 11.8. The number of hydrogen-bond acceptors (Lipinski definition) is 9. The summed E-state index contributed by atoms with van der Waals surface area (Å²) in [6, 6.07) is 13.3. The first-order valence-corrected chi connectivity index (χ1v) is 15.2. The molecule has 1 aliphatic heterocycles. The first-order chi connectivity index (χ1) is 21.7. The molecule has 10 nitrogen and oxygen atoms in total. The maximum absolute atomic E-state index is 13.4. The van der Waals surface area contributed by atoms with Crippen LogP contribution >= 0.6 is 23.2 Å². The molecule has 1 saturated carbocycles. The summed E-state index contributed by atoms with van der Waals surface area (Å²) in [5.74, 6) is 0.355. The van der Waals surface area contributed by atoms with Crippen LogP contribution in [0.5, 0.6) is 11.5 Å². The number of amides is 2. The number of esters is 1. The molecular formula is C33H30Cl2N4O6. The first kappa shape index (κ1) is 30.6. The van der Waals surface area contributed by atoms with E-state index in [2.05, 4.69) is 10.3 Å². The second-order valence-electron chi connectivity index (χ2n) is 11.0. The summed E-state index contributed by atoms with van der Waals surface area (Å²) in [4.78, 5) is 49.3. The number of nitrogens with zero attached hydrogens (tertiary/aromatic N) is 3. The second kappa shape index (κ2) is 12.5. The number of halogens is 2. The summed E-state index contributed by atoms with van der Waals surface area (Å²) in [5, 5.41) is 4.84. The fourth-order valence-electron chi connectivity index (χ4n) is 6.29. The Morgan fingerprint density at radius 2 is 1.62 bits per heavy atom. The van der Waals surface area contributed by atoms with E-state index < -0.39 is 6.04 Å². The van der Waals surface area contributed by atoms with E-state index in [1.807, 2.05) is 18.2 Å². The third kappa shape index (κ3) is 5.64. The number of imide groups is 1. The number of nitrogens with one attached hydrogen (secondary N) is 1. The van der Waals surface area contributed by atoms with Crippen molar-refractivity contribution < 1.29 is 28.6 Å². The number of fused-ring (bicyclic) bond motifs is 2. The number of carbonyl (C=O) groups excluding carboxylic acids is 3. The van der Waals surface area contributed by atoms with E-state index in [4.69, 9.17) is 42.4 Å². The zero-order chi connectivity index (χ0) is 31.8. The van der Waals surface area contributed by atoms with Crippen LogP contribution in [0.3, 0.4) is 0 Å². The van der Waals surface area contributed by atoms with Gasteiger partial charge in [0.25, 0.3) is 11.8 Å². The minimum absolute atomic E-state index is 0.0771. The molecule has 6 rings (SSSR count). The van der Waals surface area contributed by atoms with Crippen molar-refractivity contribution in [3.8, 4) is 22.6 Å². The van der Waals surface area contributed by atoms with Gasteiger partial charge in [0.1, 0.15) is 11.5 Å². The molecule has 3 unspecified atom stereocenters. The lowest BCUT2D eigenvalue weighted by Crippen LogP contribution is -2.47. The molecule has 3 aromatic carbocycles. The molecule has 3 atom stereocenters. The molecule has 232 valence electrons. The molecule has 2 heterocycles. The van der Waals surface area contributed by atoms with Gasteiger partial charge in [-0.3, -0.25) is 19.3 Å². The van der Waals surface area contributed by atoms with Gasteiger partial charge in [-0.25, -0.2) is 9.97 Å². The third-order valence-corrected chi connectivity index (χ3v) is 9.28. The number of aromatic nitrogens is 2. The predicted molar refractivity (Wildman–Crippen MR) is 170 cm³/mol. The predicted octanol–water partition coefficient (Wildman–Crippen LogP) is 6.43. The summed E-state index contributed by atoms with van der Waals surface area (Å²) in [6.07, 6.45) is 3.68. The number of ether oxygens (including phenoxy) is 3. The standard InChI is InChI=1S/C33H30Cl2N4O6/c1-43-25-15-26(44-2)30(35)28(29(25)34)18-9-10-22-19(14-18)16-36-33(37-22)38-23-12-17(8-11-27(40)45-3)13-24(23)39-31(41)20-6-4-5-7-21(20)32(39)42/h4-7,9-10,14-17,23-24H,8,11-13H2,1-3H3,(H,36,37,38). The Hall–Kier alpha value is -4.41. The van der Waals surface area contributed by atoms with Crippen molar-refractivity contribution in [2.45, 2.75) is 37.8 Å². The highest BCUT2D eigenvalue weighted by Gasteiger charge is 2.47. The average Bonchev–Trinajstić information content (AvgIpc) is 3.56. The highest BCUT2D eigenvalue weighted by Crippen LogP contribution is 2.46. The first-order valence-electron chi connectivity index (χ1n) is 14.4. The lowest BCUT2D eigenvalue weighted by atomic mass is 10.0. The SMILES string of the molecule is COC(=O)CCC1CC(Nc2ncc3cc(-c4c(Cl)c(OC)cc(OC)c4Cl)ccc3n2)C(N2C(=O)c3ccccc3C2=O)C1. The van der Waals surface area contributed by atoms with Gasteiger partial charge in [-0.2, -0.15) is 0 Å². The van der Waals surface area contributed by atoms with Crippen LogP contribution in [0, 0.1) is 5.92 Å². The summed E-state index contributed by atoms with van der Waals surface area (Å²) < 4.78 is 15.7. The Balaban J connectivity index is 1.29. The lowest BCUT2D eigenvalue weighted by Gasteiger charge is -2.28. The maximum Gasteiger partial charge on any atom is 0.305 e. The van der Waals surface area contributed by atoms with Crippen LogP contribution in [0.25, 0.3) is 22.0 Å².